The molecule has 1 saturated heterocycles. The van der Waals surface area contributed by atoms with E-state index >= 15 is 0 Å². The zero-order valence-electron chi connectivity index (χ0n) is 15.8. The van der Waals surface area contributed by atoms with Crippen LogP contribution in [0.5, 0.6) is 0 Å². The van der Waals surface area contributed by atoms with Gasteiger partial charge in [-0.15, -0.1) is 11.3 Å². The molecule has 5 rings (SSSR count). The molecule has 0 radical (unpaired) electrons. The molecule has 0 spiro atoms. The van der Waals surface area contributed by atoms with Crippen molar-refractivity contribution in [2.24, 2.45) is 0 Å². The number of morpholine rings is 1. The van der Waals surface area contributed by atoms with Crippen molar-refractivity contribution in [1.82, 2.24) is 19.9 Å². The number of ether oxygens (including phenoxy) is 1. The maximum Gasteiger partial charge on any atom is 0.137 e. The lowest BCUT2D eigenvalue weighted by Gasteiger charge is -2.38. The summed E-state index contributed by atoms with van der Waals surface area (Å²) in [4.78, 5) is 16.5. The molecule has 0 amide bonds. The normalized spacial score (nSPS) is 24.5. The van der Waals surface area contributed by atoms with E-state index in [1.807, 2.05) is 6.20 Å². The summed E-state index contributed by atoms with van der Waals surface area (Å²) in [7, 11) is 0. The minimum absolute atomic E-state index is 0.625. The first-order chi connectivity index (χ1) is 13.3. The summed E-state index contributed by atoms with van der Waals surface area (Å²) >= 11 is 1.74. The Morgan fingerprint density at radius 3 is 2.67 bits per heavy atom. The topological polar surface area (TPSA) is 54.0 Å². The number of aryl methyl sites for hydroxylation is 1. The second-order valence-electron chi connectivity index (χ2n) is 7.80. The molecule has 3 aromatic rings. The Kier molecular flexibility index (Phi) is 4.71. The number of rotatable bonds is 3. The van der Waals surface area contributed by atoms with Crippen LogP contribution in [0.25, 0.3) is 21.6 Å². The molecule has 3 aromatic heterocycles. The van der Waals surface area contributed by atoms with E-state index in [2.05, 4.69) is 40.3 Å². The van der Waals surface area contributed by atoms with Gasteiger partial charge in [-0.2, -0.15) is 0 Å². The minimum atomic E-state index is 0.625. The predicted molar refractivity (Wildman–Crippen MR) is 109 cm³/mol. The van der Waals surface area contributed by atoms with Crippen molar-refractivity contribution < 1.29 is 4.74 Å². The average molecular weight is 383 g/mol. The molecule has 1 N–H and O–H groups in total. The smallest absolute Gasteiger partial charge is 0.137 e. The van der Waals surface area contributed by atoms with Crippen molar-refractivity contribution in [3.8, 4) is 10.6 Å². The van der Waals surface area contributed by atoms with Gasteiger partial charge in [-0.3, -0.25) is 4.90 Å². The van der Waals surface area contributed by atoms with E-state index in [0.717, 1.165) is 43.0 Å². The maximum absolute atomic E-state index is 5.51. The number of H-pyrrole nitrogens is 1. The molecule has 0 aromatic carbocycles. The number of pyridine rings is 1. The van der Waals surface area contributed by atoms with Gasteiger partial charge in [0.1, 0.15) is 10.7 Å². The first kappa shape index (κ1) is 17.3. The summed E-state index contributed by atoms with van der Waals surface area (Å²) in [6.07, 6.45) is 11.2. The van der Waals surface area contributed by atoms with Gasteiger partial charge in [0, 0.05) is 53.5 Å². The Morgan fingerprint density at radius 2 is 1.93 bits per heavy atom. The standard InChI is InChI=1S/C21H26N4OS/c1-14-11-24-21(27-14)19-13-23-20-18(19)10-16(12-22-20)15-2-4-17(5-3-15)25-6-8-26-9-7-25/h10-13,15,17H,2-9H2,1H3,(H,22,23)/t15-,17-. The Morgan fingerprint density at radius 1 is 1.11 bits per heavy atom. The van der Waals surface area contributed by atoms with Gasteiger partial charge in [0.15, 0.2) is 0 Å². The first-order valence-corrected chi connectivity index (χ1v) is 10.8. The van der Waals surface area contributed by atoms with Crippen LogP contribution >= 0.6 is 11.3 Å². The third-order valence-corrected chi connectivity index (χ3v) is 7.08. The number of hydrogen-bond donors (Lipinski definition) is 1. The van der Waals surface area contributed by atoms with Crippen LogP contribution in [0.15, 0.2) is 24.7 Å². The number of fused-ring (bicyclic) bond motifs is 1. The highest BCUT2D eigenvalue weighted by Crippen LogP contribution is 2.37. The Balaban J connectivity index is 1.35. The lowest BCUT2D eigenvalue weighted by atomic mass is 9.81. The molecule has 4 heterocycles. The molecule has 2 aliphatic rings. The molecule has 0 bridgehead atoms. The monoisotopic (exact) mass is 382 g/mol. The summed E-state index contributed by atoms with van der Waals surface area (Å²) in [5.41, 5.74) is 3.53. The number of nitrogens with one attached hydrogen (secondary N) is 1. The van der Waals surface area contributed by atoms with Gasteiger partial charge in [-0.25, -0.2) is 9.97 Å². The van der Waals surface area contributed by atoms with E-state index in [1.54, 1.807) is 11.3 Å². The third kappa shape index (κ3) is 3.42. The fourth-order valence-electron chi connectivity index (χ4n) is 4.62. The zero-order valence-corrected chi connectivity index (χ0v) is 16.6. The van der Waals surface area contributed by atoms with Crippen molar-refractivity contribution in [3.63, 3.8) is 0 Å². The van der Waals surface area contributed by atoms with E-state index in [-0.39, 0.29) is 0 Å². The number of nitrogens with zero attached hydrogens (tertiary/aromatic N) is 3. The van der Waals surface area contributed by atoms with Crippen molar-refractivity contribution >= 4 is 22.4 Å². The number of hydrogen-bond acceptors (Lipinski definition) is 5. The van der Waals surface area contributed by atoms with E-state index in [1.165, 1.54) is 47.1 Å². The molecule has 0 atom stereocenters. The Bertz CT molecular complexity index is 919. The van der Waals surface area contributed by atoms with Crippen molar-refractivity contribution in [1.29, 1.82) is 0 Å². The summed E-state index contributed by atoms with van der Waals surface area (Å²) in [5.74, 6) is 0.625. The fraction of sp³-hybridized carbons (Fsp3) is 0.524. The van der Waals surface area contributed by atoms with Crippen LogP contribution in [0, 0.1) is 6.92 Å². The van der Waals surface area contributed by atoms with E-state index in [9.17, 15) is 0 Å². The van der Waals surface area contributed by atoms with Gasteiger partial charge < -0.3 is 9.72 Å². The highest BCUT2D eigenvalue weighted by molar-refractivity contribution is 7.15. The largest absolute Gasteiger partial charge is 0.379 e. The zero-order chi connectivity index (χ0) is 18.2. The molecule has 1 saturated carbocycles. The first-order valence-electron chi connectivity index (χ1n) is 9.99. The molecular weight excluding hydrogens is 356 g/mol. The van der Waals surface area contributed by atoms with Gasteiger partial charge in [0.2, 0.25) is 0 Å². The Labute approximate surface area is 163 Å². The van der Waals surface area contributed by atoms with E-state index in [0.29, 0.717) is 5.92 Å². The molecule has 2 fully saturated rings. The van der Waals surface area contributed by atoms with Crippen LogP contribution in [0.2, 0.25) is 0 Å². The SMILES string of the molecule is Cc1cnc(-c2c[nH]c3ncc([C@H]4CC[C@H](N5CCOCC5)CC4)cc23)s1. The van der Waals surface area contributed by atoms with Crippen LogP contribution in [0.4, 0.5) is 0 Å². The molecule has 5 nitrogen and oxygen atoms in total. The summed E-state index contributed by atoms with van der Waals surface area (Å²) in [5, 5.41) is 2.28. The van der Waals surface area contributed by atoms with Gasteiger partial charge in [-0.1, -0.05) is 0 Å². The van der Waals surface area contributed by atoms with Gasteiger partial charge >= 0.3 is 0 Å². The number of thiazole rings is 1. The average Bonchev–Trinajstić information content (AvgIpc) is 3.34. The molecule has 1 aliphatic carbocycles. The van der Waals surface area contributed by atoms with Crippen molar-refractivity contribution in [2.45, 2.75) is 44.6 Å². The lowest BCUT2D eigenvalue weighted by Crippen LogP contribution is -2.44. The minimum Gasteiger partial charge on any atom is -0.379 e. The fourth-order valence-corrected chi connectivity index (χ4v) is 5.41. The van der Waals surface area contributed by atoms with Crippen LogP contribution in [-0.4, -0.2) is 52.2 Å². The second-order valence-corrected chi connectivity index (χ2v) is 9.03. The number of aromatic amines is 1. The predicted octanol–water partition coefficient (Wildman–Crippen LogP) is 4.35. The van der Waals surface area contributed by atoms with Crippen LogP contribution in [0.1, 0.15) is 42.0 Å². The van der Waals surface area contributed by atoms with E-state index in [4.69, 9.17) is 9.72 Å². The summed E-state index contributed by atoms with van der Waals surface area (Å²) in [6.45, 7) is 6.10. The lowest BCUT2D eigenvalue weighted by molar-refractivity contribution is 0.00729. The highest BCUT2D eigenvalue weighted by atomic mass is 32.1. The quantitative estimate of drug-likeness (QED) is 0.731. The second kappa shape index (κ2) is 7.34. The molecule has 142 valence electrons. The maximum atomic E-state index is 5.51. The highest BCUT2D eigenvalue weighted by Gasteiger charge is 2.28. The van der Waals surface area contributed by atoms with E-state index < -0.39 is 0 Å². The Hall–Kier alpha value is -1.76. The summed E-state index contributed by atoms with van der Waals surface area (Å²) in [6, 6.07) is 3.09. The summed E-state index contributed by atoms with van der Waals surface area (Å²) < 4.78 is 5.51. The van der Waals surface area contributed by atoms with Crippen molar-refractivity contribution in [3.05, 3.63) is 35.1 Å². The molecule has 0 unspecified atom stereocenters. The van der Waals surface area contributed by atoms with Crippen LogP contribution in [-0.2, 0) is 4.74 Å². The molecule has 27 heavy (non-hydrogen) atoms. The van der Waals surface area contributed by atoms with Crippen LogP contribution in [0.3, 0.4) is 0 Å². The van der Waals surface area contributed by atoms with Crippen LogP contribution < -0.4 is 0 Å². The van der Waals surface area contributed by atoms with Gasteiger partial charge in [-0.05, 0) is 50.2 Å². The third-order valence-electron chi connectivity index (χ3n) is 6.13. The van der Waals surface area contributed by atoms with Gasteiger partial charge in [0.25, 0.3) is 0 Å². The number of aromatic nitrogens is 3. The molecular formula is C21H26N4OS. The molecule has 6 heteroatoms. The van der Waals surface area contributed by atoms with Gasteiger partial charge in [0.05, 0.1) is 13.2 Å². The molecule has 1 aliphatic heterocycles. The van der Waals surface area contributed by atoms with Crippen molar-refractivity contribution in [2.75, 3.05) is 26.3 Å².